The Morgan fingerprint density at radius 1 is 1.11 bits per heavy atom. The molecule has 0 aliphatic rings. The maximum absolute atomic E-state index is 9.89. The van der Waals surface area contributed by atoms with E-state index in [1.807, 2.05) is 18.2 Å². The van der Waals surface area contributed by atoms with E-state index in [2.05, 4.69) is 11.8 Å². The van der Waals surface area contributed by atoms with Gasteiger partial charge in [-0.05, 0) is 13.0 Å². The van der Waals surface area contributed by atoms with Crippen molar-refractivity contribution in [2.24, 2.45) is 0 Å². The predicted octanol–water partition coefficient (Wildman–Crippen LogP) is 2.05. The van der Waals surface area contributed by atoms with Crippen LogP contribution in [0.3, 0.4) is 0 Å². The molecule has 1 aromatic rings. The third kappa shape index (κ3) is 4.29. The molecule has 102 valence electrons. The van der Waals surface area contributed by atoms with Crippen LogP contribution in [-0.4, -0.2) is 50.5 Å². The van der Waals surface area contributed by atoms with Crippen LogP contribution < -0.4 is 0 Å². The van der Waals surface area contributed by atoms with Crippen LogP contribution >= 0.6 is 0 Å². The number of phenolic OH excluding ortho intramolecular Hbond substituents is 1. The van der Waals surface area contributed by atoms with Crippen LogP contribution in [0.15, 0.2) is 24.3 Å². The molecular weight excluding hydrogens is 230 g/mol. The van der Waals surface area contributed by atoms with Crippen molar-refractivity contribution in [3.63, 3.8) is 0 Å². The van der Waals surface area contributed by atoms with E-state index in [9.17, 15) is 5.11 Å². The molecular formula is C14H23NO3. The molecule has 0 aromatic heterocycles. The molecule has 0 fully saturated rings. The average Bonchev–Trinajstić information content (AvgIpc) is 2.39. The molecule has 1 atom stereocenters. The van der Waals surface area contributed by atoms with Gasteiger partial charge in [0.15, 0.2) is 0 Å². The van der Waals surface area contributed by atoms with Crippen molar-refractivity contribution in [1.29, 1.82) is 0 Å². The molecule has 0 amide bonds. The fraction of sp³-hybridized carbons (Fsp3) is 0.571. The quantitative estimate of drug-likeness (QED) is 0.770. The van der Waals surface area contributed by atoms with Gasteiger partial charge in [-0.25, -0.2) is 0 Å². The highest BCUT2D eigenvalue weighted by Crippen LogP contribution is 2.27. The molecule has 1 aromatic carbocycles. The predicted molar refractivity (Wildman–Crippen MR) is 71.8 cm³/mol. The SMILES string of the molecule is COCCN(CCOC)C(C)c1ccccc1O. The zero-order chi connectivity index (χ0) is 13.4. The highest BCUT2D eigenvalue weighted by atomic mass is 16.5. The molecule has 0 spiro atoms. The zero-order valence-electron chi connectivity index (χ0n) is 11.4. The maximum Gasteiger partial charge on any atom is 0.120 e. The lowest BCUT2D eigenvalue weighted by Crippen LogP contribution is -2.33. The number of phenols is 1. The number of benzene rings is 1. The second-order valence-corrected chi connectivity index (χ2v) is 4.26. The third-order valence-electron chi connectivity index (χ3n) is 3.10. The first-order valence-electron chi connectivity index (χ1n) is 6.20. The number of hydrogen-bond acceptors (Lipinski definition) is 4. The van der Waals surface area contributed by atoms with Crippen molar-refractivity contribution in [3.8, 4) is 5.75 Å². The minimum absolute atomic E-state index is 0.136. The van der Waals surface area contributed by atoms with Crippen molar-refractivity contribution < 1.29 is 14.6 Å². The molecule has 18 heavy (non-hydrogen) atoms. The van der Waals surface area contributed by atoms with Gasteiger partial charge in [-0.1, -0.05) is 18.2 Å². The molecule has 0 aliphatic heterocycles. The van der Waals surface area contributed by atoms with E-state index < -0.39 is 0 Å². The standard InChI is InChI=1S/C14H23NO3/c1-12(13-6-4-5-7-14(13)16)15(8-10-17-2)9-11-18-3/h4-7,12,16H,8-11H2,1-3H3. The fourth-order valence-corrected chi connectivity index (χ4v) is 1.95. The minimum Gasteiger partial charge on any atom is -0.508 e. The van der Waals surface area contributed by atoms with Gasteiger partial charge >= 0.3 is 0 Å². The van der Waals surface area contributed by atoms with Crippen molar-refractivity contribution in [2.45, 2.75) is 13.0 Å². The number of ether oxygens (including phenoxy) is 2. The summed E-state index contributed by atoms with van der Waals surface area (Å²) in [6, 6.07) is 7.58. The Hall–Kier alpha value is -1.10. The van der Waals surface area contributed by atoms with Crippen molar-refractivity contribution in [2.75, 3.05) is 40.5 Å². The summed E-state index contributed by atoms with van der Waals surface area (Å²) < 4.78 is 10.2. The van der Waals surface area contributed by atoms with Crippen LogP contribution in [0.25, 0.3) is 0 Å². The summed E-state index contributed by atoms with van der Waals surface area (Å²) in [5, 5.41) is 9.89. The smallest absolute Gasteiger partial charge is 0.120 e. The van der Waals surface area contributed by atoms with E-state index in [-0.39, 0.29) is 6.04 Å². The number of rotatable bonds is 8. The third-order valence-corrected chi connectivity index (χ3v) is 3.10. The van der Waals surface area contributed by atoms with E-state index in [0.717, 1.165) is 18.7 Å². The Labute approximate surface area is 109 Å². The van der Waals surface area contributed by atoms with Gasteiger partial charge in [0.05, 0.1) is 13.2 Å². The van der Waals surface area contributed by atoms with E-state index >= 15 is 0 Å². The highest BCUT2D eigenvalue weighted by molar-refractivity contribution is 5.34. The lowest BCUT2D eigenvalue weighted by molar-refractivity contribution is 0.0912. The van der Waals surface area contributed by atoms with Gasteiger partial charge in [0.25, 0.3) is 0 Å². The maximum atomic E-state index is 9.89. The molecule has 0 saturated carbocycles. The van der Waals surface area contributed by atoms with Crippen molar-refractivity contribution in [1.82, 2.24) is 4.90 Å². The van der Waals surface area contributed by atoms with Crippen LogP contribution in [0.2, 0.25) is 0 Å². The van der Waals surface area contributed by atoms with E-state index in [4.69, 9.17) is 9.47 Å². The number of methoxy groups -OCH3 is 2. The summed E-state index contributed by atoms with van der Waals surface area (Å²) in [4.78, 5) is 2.24. The summed E-state index contributed by atoms with van der Waals surface area (Å²) in [5.41, 5.74) is 0.935. The van der Waals surface area contributed by atoms with Gasteiger partial charge in [-0.15, -0.1) is 0 Å². The number of para-hydroxylation sites is 1. The van der Waals surface area contributed by atoms with Crippen LogP contribution in [0.5, 0.6) is 5.75 Å². The lowest BCUT2D eigenvalue weighted by atomic mass is 10.1. The Bertz CT molecular complexity index is 336. The van der Waals surface area contributed by atoms with Gasteiger partial charge in [-0.2, -0.15) is 0 Å². The van der Waals surface area contributed by atoms with E-state index in [1.165, 1.54) is 0 Å². The Kier molecular flexibility index (Phi) is 6.72. The summed E-state index contributed by atoms with van der Waals surface area (Å²) >= 11 is 0. The second-order valence-electron chi connectivity index (χ2n) is 4.26. The van der Waals surface area contributed by atoms with Gasteiger partial charge in [0.1, 0.15) is 5.75 Å². The molecule has 0 bridgehead atoms. The zero-order valence-corrected chi connectivity index (χ0v) is 11.4. The number of aromatic hydroxyl groups is 1. The molecule has 4 heteroatoms. The molecule has 1 unspecified atom stereocenters. The van der Waals surface area contributed by atoms with Gasteiger partial charge < -0.3 is 14.6 Å². The summed E-state index contributed by atoms with van der Waals surface area (Å²) in [6.45, 7) is 5.05. The summed E-state index contributed by atoms with van der Waals surface area (Å²) in [7, 11) is 3.39. The monoisotopic (exact) mass is 253 g/mol. The topological polar surface area (TPSA) is 41.9 Å². The molecule has 0 saturated heterocycles. The highest BCUT2D eigenvalue weighted by Gasteiger charge is 2.17. The van der Waals surface area contributed by atoms with E-state index in [0.29, 0.717) is 19.0 Å². The molecule has 1 N–H and O–H groups in total. The first-order chi connectivity index (χ1) is 8.70. The molecule has 0 radical (unpaired) electrons. The number of nitrogens with zero attached hydrogens (tertiary/aromatic N) is 1. The first-order valence-corrected chi connectivity index (χ1v) is 6.20. The normalized spacial score (nSPS) is 12.9. The van der Waals surface area contributed by atoms with Crippen molar-refractivity contribution in [3.05, 3.63) is 29.8 Å². The van der Waals surface area contributed by atoms with Gasteiger partial charge in [0.2, 0.25) is 0 Å². The molecule has 0 aliphatic carbocycles. The minimum atomic E-state index is 0.136. The first kappa shape index (κ1) is 15.0. The van der Waals surface area contributed by atoms with Crippen LogP contribution in [0.4, 0.5) is 0 Å². The average molecular weight is 253 g/mol. The van der Waals surface area contributed by atoms with Crippen LogP contribution in [0.1, 0.15) is 18.5 Å². The van der Waals surface area contributed by atoms with Crippen molar-refractivity contribution >= 4 is 0 Å². The second kappa shape index (κ2) is 8.08. The molecule has 0 heterocycles. The lowest BCUT2D eigenvalue weighted by Gasteiger charge is -2.29. The van der Waals surface area contributed by atoms with Gasteiger partial charge in [0, 0.05) is 38.9 Å². The Morgan fingerprint density at radius 3 is 2.17 bits per heavy atom. The van der Waals surface area contributed by atoms with E-state index in [1.54, 1.807) is 20.3 Å². The summed E-state index contributed by atoms with van der Waals surface area (Å²) in [5.74, 6) is 0.338. The number of hydrogen-bond donors (Lipinski definition) is 1. The van der Waals surface area contributed by atoms with Crippen LogP contribution in [0, 0.1) is 0 Å². The molecule has 4 nitrogen and oxygen atoms in total. The fourth-order valence-electron chi connectivity index (χ4n) is 1.95. The van der Waals surface area contributed by atoms with Crippen LogP contribution in [-0.2, 0) is 9.47 Å². The summed E-state index contributed by atoms with van der Waals surface area (Å²) in [6.07, 6.45) is 0. The van der Waals surface area contributed by atoms with Gasteiger partial charge in [-0.3, -0.25) is 4.90 Å². The molecule has 1 rings (SSSR count). The Morgan fingerprint density at radius 2 is 1.67 bits per heavy atom. The largest absolute Gasteiger partial charge is 0.508 e. The Balaban J connectivity index is 2.73.